The Bertz CT molecular complexity index is 500. The smallest absolute Gasteiger partial charge is 0.253 e. The largest absolute Gasteiger partial charge is 0.396 e. The van der Waals surface area contributed by atoms with Gasteiger partial charge in [0.15, 0.2) is 0 Å². The Balaban J connectivity index is 2.16. The van der Waals surface area contributed by atoms with Gasteiger partial charge in [0.05, 0.1) is 17.9 Å². The highest BCUT2D eigenvalue weighted by molar-refractivity contribution is 7.17. The molecule has 1 amide bonds. The van der Waals surface area contributed by atoms with E-state index in [9.17, 15) is 4.79 Å². The number of nitrogens with one attached hydrogen (secondary N) is 1. The normalized spacial score (nSPS) is 18.5. The lowest BCUT2D eigenvalue weighted by Crippen LogP contribution is -2.18. The third kappa shape index (κ3) is 2.39. The minimum atomic E-state index is -0.615. The Morgan fingerprint density at radius 1 is 1.67 bits per heavy atom. The van der Waals surface area contributed by atoms with Crippen LogP contribution in [0.5, 0.6) is 0 Å². The van der Waals surface area contributed by atoms with E-state index in [0.717, 1.165) is 24.4 Å². The van der Waals surface area contributed by atoms with Gasteiger partial charge in [0.2, 0.25) is 0 Å². The fourth-order valence-electron chi connectivity index (χ4n) is 1.88. The molecule has 0 spiro atoms. The number of rotatable bonds is 4. The Morgan fingerprint density at radius 3 is 3.00 bits per heavy atom. The number of thiophene rings is 1. The lowest BCUT2D eigenvalue weighted by atomic mass is 10.1. The first-order chi connectivity index (χ1) is 8.63. The number of hydrogen-bond acceptors (Lipinski definition) is 6. The lowest BCUT2D eigenvalue weighted by Gasteiger charge is -2.09. The molecule has 5 N–H and O–H groups in total. The van der Waals surface area contributed by atoms with Gasteiger partial charge in [-0.3, -0.25) is 4.79 Å². The van der Waals surface area contributed by atoms with Crippen LogP contribution in [-0.4, -0.2) is 25.7 Å². The van der Waals surface area contributed by atoms with E-state index in [0.29, 0.717) is 28.9 Å². The first-order valence-electron chi connectivity index (χ1n) is 5.57. The zero-order valence-electron chi connectivity index (χ0n) is 9.73. The summed E-state index contributed by atoms with van der Waals surface area (Å²) in [6.45, 7) is 2.17. The summed E-state index contributed by atoms with van der Waals surface area (Å²) >= 11 is 1.16. The van der Waals surface area contributed by atoms with Gasteiger partial charge in [-0.05, 0) is 6.42 Å². The summed E-state index contributed by atoms with van der Waals surface area (Å²) in [6, 6.07) is 1.96. The molecule has 1 aromatic heterocycles. The van der Waals surface area contributed by atoms with Crippen molar-refractivity contribution in [3.63, 3.8) is 0 Å². The van der Waals surface area contributed by atoms with Crippen molar-refractivity contribution in [2.45, 2.75) is 6.42 Å². The summed E-state index contributed by atoms with van der Waals surface area (Å²) < 4.78 is 5.27. The molecule has 7 heteroatoms. The van der Waals surface area contributed by atoms with Crippen LogP contribution in [0.4, 0.5) is 10.7 Å². The van der Waals surface area contributed by atoms with E-state index in [1.165, 1.54) is 0 Å². The molecule has 1 aliphatic heterocycles. The van der Waals surface area contributed by atoms with Crippen LogP contribution in [0.2, 0.25) is 0 Å². The van der Waals surface area contributed by atoms with Crippen LogP contribution in [0.25, 0.3) is 0 Å². The fraction of sp³-hybridized carbons (Fsp3) is 0.455. The van der Waals surface area contributed by atoms with Crippen LogP contribution in [0.3, 0.4) is 0 Å². The summed E-state index contributed by atoms with van der Waals surface area (Å²) in [6.07, 6.45) is 0.991. The molecule has 2 heterocycles. The topological polar surface area (TPSA) is 114 Å². The SMILES string of the molecule is N#Cc1sc(NCC2CCOC2)c(C(N)=O)c1N. The maximum Gasteiger partial charge on any atom is 0.253 e. The van der Waals surface area contributed by atoms with Gasteiger partial charge in [0, 0.05) is 19.1 Å². The molecule has 0 bridgehead atoms. The van der Waals surface area contributed by atoms with Gasteiger partial charge in [0.1, 0.15) is 15.9 Å². The van der Waals surface area contributed by atoms with Gasteiger partial charge >= 0.3 is 0 Å². The standard InChI is InChI=1S/C11H14N4O2S/c12-3-7-9(13)8(10(14)16)11(18-7)15-4-6-1-2-17-5-6/h6,15H,1-2,4-5,13H2,(H2,14,16). The Hall–Kier alpha value is -1.78. The molecule has 2 rings (SSSR count). The van der Waals surface area contributed by atoms with Gasteiger partial charge in [-0.1, -0.05) is 0 Å². The Labute approximate surface area is 109 Å². The molecule has 96 valence electrons. The summed E-state index contributed by atoms with van der Waals surface area (Å²) in [5.74, 6) is -0.199. The van der Waals surface area contributed by atoms with E-state index in [1.54, 1.807) is 0 Å². The monoisotopic (exact) mass is 266 g/mol. The van der Waals surface area contributed by atoms with E-state index in [1.807, 2.05) is 6.07 Å². The second-order valence-electron chi connectivity index (χ2n) is 4.14. The van der Waals surface area contributed by atoms with E-state index in [-0.39, 0.29) is 11.3 Å². The predicted molar refractivity (Wildman–Crippen MR) is 69.4 cm³/mol. The molecule has 0 aliphatic carbocycles. The summed E-state index contributed by atoms with van der Waals surface area (Å²) in [7, 11) is 0. The number of carbonyl (C=O) groups is 1. The zero-order chi connectivity index (χ0) is 13.1. The summed E-state index contributed by atoms with van der Waals surface area (Å²) in [4.78, 5) is 11.7. The van der Waals surface area contributed by atoms with Crippen LogP contribution in [0.1, 0.15) is 21.7 Å². The van der Waals surface area contributed by atoms with Crippen LogP contribution >= 0.6 is 11.3 Å². The molecule has 1 atom stereocenters. The first-order valence-corrected chi connectivity index (χ1v) is 6.39. The molecule has 0 saturated carbocycles. The maximum absolute atomic E-state index is 11.3. The van der Waals surface area contributed by atoms with Gasteiger partial charge < -0.3 is 21.5 Å². The van der Waals surface area contributed by atoms with Crippen molar-refractivity contribution in [1.82, 2.24) is 0 Å². The van der Waals surface area contributed by atoms with E-state index in [2.05, 4.69) is 5.32 Å². The number of hydrogen-bond donors (Lipinski definition) is 3. The van der Waals surface area contributed by atoms with E-state index in [4.69, 9.17) is 21.5 Å². The quantitative estimate of drug-likeness (QED) is 0.744. The van der Waals surface area contributed by atoms with Crippen molar-refractivity contribution in [3.8, 4) is 6.07 Å². The molecule has 1 aliphatic rings. The molecule has 1 saturated heterocycles. The highest BCUT2D eigenvalue weighted by Gasteiger charge is 2.22. The minimum absolute atomic E-state index is 0.167. The van der Waals surface area contributed by atoms with Crippen molar-refractivity contribution in [1.29, 1.82) is 5.26 Å². The molecule has 0 aromatic carbocycles. The number of nitrogen functional groups attached to an aromatic ring is 1. The van der Waals surface area contributed by atoms with Crippen LogP contribution in [0.15, 0.2) is 0 Å². The number of carbonyl (C=O) groups excluding carboxylic acids is 1. The van der Waals surface area contributed by atoms with Crippen molar-refractivity contribution >= 4 is 27.9 Å². The van der Waals surface area contributed by atoms with E-state index < -0.39 is 5.91 Å². The number of anilines is 2. The van der Waals surface area contributed by atoms with Crippen molar-refractivity contribution in [2.24, 2.45) is 11.7 Å². The Kier molecular flexibility index (Phi) is 3.69. The highest BCUT2D eigenvalue weighted by Crippen LogP contribution is 2.35. The number of nitriles is 1. The first kappa shape index (κ1) is 12.7. The maximum atomic E-state index is 11.3. The zero-order valence-corrected chi connectivity index (χ0v) is 10.5. The average molecular weight is 266 g/mol. The van der Waals surface area contributed by atoms with Crippen LogP contribution in [0, 0.1) is 17.2 Å². The molecule has 1 fully saturated rings. The third-order valence-corrected chi connectivity index (χ3v) is 3.94. The fourth-order valence-corrected chi connectivity index (χ4v) is 2.81. The number of nitrogens with two attached hydrogens (primary N) is 2. The average Bonchev–Trinajstić information content (AvgIpc) is 2.93. The van der Waals surface area contributed by atoms with Crippen molar-refractivity contribution in [2.75, 3.05) is 30.8 Å². The number of amides is 1. The van der Waals surface area contributed by atoms with Crippen molar-refractivity contribution < 1.29 is 9.53 Å². The second kappa shape index (κ2) is 5.25. The Morgan fingerprint density at radius 2 is 2.44 bits per heavy atom. The lowest BCUT2D eigenvalue weighted by molar-refractivity contribution is 0.100. The van der Waals surface area contributed by atoms with Crippen molar-refractivity contribution in [3.05, 3.63) is 10.4 Å². The molecular weight excluding hydrogens is 252 g/mol. The second-order valence-corrected chi connectivity index (χ2v) is 5.16. The number of primary amides is 1. The predicted octanol–water partition coefficient (Wildman–Crippen LogP) is 0.749. The van der Waals surface area contributed by atoms with Gasteiger partial charge in [-0.25, -0.2) is 0 Å². The molecule has 1 aromatic rings. The third-order valence-electron chi connectivity index (χ3n) is 2.87. The van der Waals surface area contributed by atoms with Gasteiger partial charge in [-0.15, -0.1) is 11.3 Å². The molecule has 6 nitrogen and oxygen atoms in total. The van der Waals surface area contributed by atoms with Gasteiger partial charge in [0.25, 0.3) is 5.91 Å². The summed E-state index contributed by atoms with van der Waals surface area (Å²) in [5.41, 5.74) is 11.4. The summed E-state index contributed by atoms with van der Waals surface area (Å²) in [5, 5.41) is 12.6. The molecular formula is C11H14N4O2S. The van der Waals surface area contributed by atoms with Crippen LogP contribution < -0.4 is 16.8 Å². The number of nitrogens with zero attached hydrogens (tertiary/aromatic N) is 1. The molecule has 18 heavy (non-hydrogen) atoms. The minimum Gasteiger partial charge on any atom is -0.396 e. The number of ether oxygens (including phenoxy) is 1. The molecule has 0 radical (unpaired) electrons. The van der Waals surface area contributed by atoms with E-state index >= 15 is 0 Å². The van der Waals surface area contributed by atoms with Crippen LogP contribution in [-0.2, 0) is 4.74 Å². The van der Waals surface area contributed by atoms with Gasteiger partial charge in [-0.2, -0.15) is 5.26 Å². The molecule has 1 unspecified atom stereocenters. The highest BCUT2D eigenvalue weighted by atomic mass is 32.1.